The summed E-state index contributed by atoms with van der Waals surface area (Å²) in [5.74, 6) is 0.865. The molecule has 0 atom stereocenters. The minimum absolute atomic E-state index is 0.865. The molecule has 0 bridgehead atoms. The Hall–Kier alpha value is -1.06. The first-order valence-electron chi connectivity index (χ1n) is 8.30. The van der Waals surface area contributed by atoms with E-state index < -0.39 is 0 Å². The van der Waals surface area contributed by atoms with Crippen molar-refractivity contribution in [3.8, 4) is 0 Å². The van der Waals surface area contributed by atoms with E-state index in [1.54, 1.807) is 0 Å². The van der Waals surface area contributed by atoms with Crippen LogP contribution in [0.3, 0.4) is 0 Å². The van der Waals surface area contributed by atoms with Gasteiger partial charge >= 0.3 is 0 Å². The second-order valence-electron chi connectivity index (χ2n) is 6.59. The first-order chi connectivity index (χ1) is 10.1. The lowest BCUT2D eigenvalue weighted by molar-refractivity contribution is 0.285. The van der Waals surface area contributed by atoms with Crippen LogP contribution in [0.1, 0.15) is 30.9 Å². The highest BCUT2D eigenvalue weighted by Gasteiger charge is 2.20. The summed E-state index contributed by atoms with van der Waals surface area (Å²) in [5, 5.41) is 3.40. The quantitative estimate of drug-likeness (QED) is 0.869. The second-order valence-corrected chi connectivity index (χ2v) is 6.59. The summed E-state index contributed by atoms with van der Waals surface area (Å²) >= 11 is 0. The van der Waals surface area contributed by atoms with Crippen molar-refractivity contribution in [1.29, 1.82) is 0 Å². The lowest BCUT2D eigenvalue weighted by Gasteiger charge is -2.35. The van der Waals surface area contributed by atoms with Gasteiger partial charge in [0, 0.05) is 31.9 Å². The molecule has 1 N–H and O–H groups in total. The molecule has 1 fully saturated rings. The average Bonchev–Trinajstić information content (AvgIpc) is 2.46. The SMILES string of the molecule is CCNCc1ccc(N2CCC(CN(C)C)CC2)c(C)c1. The number of anilines is 1. The van der Waals surface area contributed by atoms with Crippen LogP contribution in [0.25, 0.3) is 0 Å². The Morgan fingerprint density at radius 1 is 1.24 bits per heavy atom. The van der Waals surface area contributed by atoms with Gasteiger partial charge in [-0.2, -0.15) is 0 Å². The highest BCUT2D eigenvalue weighted by molar-refractivity contribution is 5.54. The maximum absolute atomic E-state index is 3.40. The molecule has 0 amide bonds. The van der Waals surface area contributed by atoms with E-state index in [1.807, 2.05) is 0 Å². The van der Waals surface area contributed by atoms with Crippen molar-refractivity contribution in [3.63, 3.8) is 0 Å². The van der Waals surface area contributed by atoms with Gasteiger partial charge in [-0.25, -0.2) is 0 Å². The van der Waals surface area contributed by atoms with Crippen LogP contribution in [0.15, 0.2) is 18.2 Å². The van der Waals surface area contributed by atoms with Gasteiger partial charge in [0.15, 0.2) is 0 Å². The van der Waals surface area contributed by atoms with Crippen LogP contribution < -0.4 is 10.2 Å². The molecule has 0 saturated carbocycles. The lowest BCUT2D eigenvalue weighted by atomic mass is 9.95. The van der Waals surface area contributed by atoms with Gasteiger partial charge in [0.05, 0.1) is 0 Å². The summed E-state index contributed by atoms with van der Waals surface area (Å²) in [5.41, 5.74) is 4.23. The standard InChI is InChI=1S/C18H31N3/c1-5-19-13-17-6-7-18(15(2)12-17)21-10-8-16(9-11-21)14-20(3)4/h6-7,12,16,19H,5,8-11,13-14H2,1-4H3. The number of nitrogens with zero attached hydrogens (tertiary/aromatic N) is 2. The molecule has 1 aromatic carbocycles. The number of hydrogen-bond donors (Lipinski definition) is 1. The van der Waals surface area contributed by atoms with Crippen LogP contribution >= 0.6 is 0 Å². The summed E-state index contributed by atoms with van der Waals surface area (Å²) in [7, 11) is 4.36. The molecule has 0 spiro atoms. The number of aryl methyl sites for hydroxylation is 1. The maximum Gasteiger partial charge on any atom is 0.0396 e. The molecule has 0 radical (unpaired) electrons. The third-order valence-electron chi connectivity index (χ3n) is 4.42. The molecular weight excluding hydrogens is 258 g/mol. The van der Waals surface area contributed by atoms with E-state index in [9.17, 15) is 0 Å². The largest absolute Gasteiger partial charge is 0.371 e. The topological polar surface area (TPSA) is 18.5 Å². The summed E-state index contributed by atoms with van der Waals surface area (Å²) in [4.78, 5) is 4.89. The number of benzene rings is 1. The number of hydrogen-bond acceptors (Lipinski definition) is 3. The Kier molecular flexibility index (Phi) is 6.07. The molecule has 3 heteroatoms. The van der Waals surface area contributed by atoms with E-state index in [0.29, 0.717) is 0 Å². The summed E-state index contributed by atoms with van der Waals surface area (Å²) < 4.78 is 0. The minimum atomic E-state index is 0.865. The zero-order chi connectivity index (χ0) is 15.2. The maximum atomic E-state index is 3.40. The Labute approximate surface area is 130 Å². The zero-order valence-electron chi connectivity index (χ0n) is 14.2. The first-order valence-corrected chi connectivity index (χ1v) is 8.30. The fourth-order valence-electron chi connectivity index (χ4n) is 3.32. The van der Waals surface area contributed by atoms with E-state index in [0.717, 1.165) is 19.0 Å². The second kappa shape index (κ2) is 7.81. The molecule has 1 aromatic rings. The van der Waals surface area contributed by atoms with E-state index in [4.69, 9.17) is 0 Å². The summed E-state index contributed by atoms with van der Waals surface area (Å²) in [6, 6.07) is 6.93. The van der Waals surface area contributed by atoms with Gasteiger partial charge in [-0.05, 0) is 63.5 Å². The van der Waals surface area contributed by atoms with Crippen LogP contribution in [0.5, 0.6) is 0 Å². The third-order valence-corrected chi connectivity index (χ3v) is 4.42. The smallest absolute Gasteiger partial charge is 0.0396 e. The fraction of sp³-hybridized carbons (Fsp3) is 0.667. The normalized spacial score (nSPS) is 16.7. The van der Waals surface area contributed by atoms with Crippen molar-refractivity contribution < 1.29 is 0 Å². The monoisotopic (exact) mass is 289 g/mol. The summed E-state index contributed by atoms with van der Waals surface area (Å²) in [6.07, 6.45) is 2.63. The predicted molar refractivity (Wildman–Crippen MR) is 92.1 cm³/mol. The van der Waals surface area contributed by atoms with Gasteiger partial charge in [0.2, 0.25) is 0 Å². The van der Waals surface area contributed by atoms with Crippen molar-refractivity contribution in [2.24, 2.45) is 5.92 Å². The molecule has 21 heavy (non-hydrogen) atoms. The van der Waals surface area contributed by atoms with Crippen molar-refractivity contribution in [3.05, 3.63) is 29.3 Å². The van der Waals surface area contributed by atoms with Gasteiger partial charge in [0.1, 0.15) is 0 Å². The van der Waals surface area contributed by atoms with Crippen molar-refractivity contribution >= 4 is 5.69 Å². The molecule has 2 rings (SSSR count). The van der Waals surface area contributed by atoms with Crippen molar-refractivity contribution in [1.82, 2.24) is 10.2 Å². The molecule has 0 aromatic heterocycles. The molecule has 0 aliphatic carbocycles. The molecular formula is C18H31N3. The van der Waals surface area contributed by atoms with E-state index in [1.165, 1.54) is 49.3 Å². The number of rotatable bonds is 6. The Morgan fingerprint density at radius 3 is 2.52 bits per heavy atom. The van der Waals surface area contributed by atoms with Gasteiger partial charge in [0.25, 0.3) is 0 Å². The Balaban J connectivity index is 1.94. The van der Waals surface area contributed by atoms with Gasteiger partial charge in [-0.15, -0.1) is 0 Å². The average molecular weight is 289 g/mol. The Bertz CT molecular complexity index is 434. The molecule has 118 valence electrons. The van der Waals surface area contributed by atoms with Crippen molar-refractivity contribution in [2.45, 2.75) is 33.2 Å². The van der Waals surface area contributed by atoms with Gasteiger partial charge in [-0.1, -0.05) is 19.1 Å². The molecule has 1 aliphatic rings. The Morgan fingerprint density at radius 2 is 1.95 bits per heavy atom. The molecule has 1 aliphatic heterocycles. The first kappa shape index (κ1) is 16.3. The number of piperidine rings is 1. The number of nitrogens with one attached hydrogen (secondary N) is 1. The van der Waals surface area contributed by atoms with Crippen LogP contribution in [0.2, 0.25) is 0 Å². The van der Waals surface area contributed by atoms with Gasteiger partial charge < -0.3 is 15.1 Å². The van der Waals surface area contributed by atoms with Crippen LogP contribution in [0.4, 0.5) is 5.69 Å². The summed E-state index contributed by atoms with van der Waals surface area (Å²) in [6.45, 7) is 10.0. The highest BCUT2D eigenvalue weighted by atomic mass is 15.1. The lowest BCUT2D eigenvalue weighted by Crippen LogP contribution is -2.37. The minimum Gasteiger partial charge on any atom is -0.371 e. The third kappa shape index (κ3) is 4.72. The molecule has 0 unspecified atom stereocenters. The van der Waals surface area contributed by atoms with Crippen LogP contribution in [0, 0.1) is 12.8 Å². The highest BCUT2D eigenvalue weighted by Crippen LogP contribution is 2.27. The molecule has 3 nitrogen and oxygen atoms in total. The van der Waals surface area contributed by atoms with Crippen LogP contribution in [-0.4, -0.2) is 45.2 Å². The van der Waals surface area contributed by atoms with Gasteiger partial charge in [-0.3, -0.25) is 0 Å². The fourth-order valence-corrected chi connectivity index (χ4v) is 3.32. The van der Waals surface area contributed by atoms with E-state index in [2.05, 4.69) is 61.3 Å². The molecule has 1 saturated heterocycles. The molecule has 1 heterocycles. The van der Waals surface area contributed by atoms with Crippen LogP contribution in [-0.2, 0) is 6.54 Å². The van der Waals surface area contributed by atoms with E-state index >= 15 is 0 Å². The predicted octanol–water partition coefficient (Wildman–Crippen LogP) is 2.88. The van der Waals surface area contributed by atoms with E-state index in [-0.39, 0.29) is 0 Å². The zero-order valence-corrected chi connectivity index (χ0v) is 14.2. The van der Waals surface area contributed by atoms with Crippen molar-refractivity contribution in [2.75, 3.05) is 45.2 Å².